The van der Waals surface area contributed by atoms with Crippen LogP contribution in [-0.2, 0) is 6.54 Å². The van der Waals surface area contributed by atoms with Crippen LogP contribution in [0.4, 0.5) is 0 Å². The predicted molar refractivity (Wildman–Crippen MR) is 79.0 cm³/mol. The summed E-state index contributed by atoms with van der Waals surface area (Å²) in [4.78, 5) is 13.1. The summed E-state index contributed by atoms with van der Waals surface area (Å²) in [5.74, 6) is 1.35. The molecule has 0 aliphatic carbocycles. The topological polar surface area (TPSA) is 53.1 Å². The summed E-state index contributed by atoms with van der Waals surface area (Å²) in [5, 5.41) is 0.926. The highest BCUT2D eigenvalue weighted by Crippen LogP contribution is 2.36. The van der Waals surface area contributed by atoms with Crippen molar-refractivity contribution in [3.63, 3.8) is 0 Å². The van der Waals surface area contributed by atoms with E-state index in [-0.39, 0.29) is 12.4 Å². The molecule has 1 N–H and O–H groups in total. The maximum absolute atomic E-state index is 11.8. The molecule has 1 unspecified atom stereocenters. The molecule has 2 heterocycles. The van der Waals surface area contributed by atoms with E-state index in [0.29, 0.717) is 17.1 Å². The Balaban J connectivity index is 1.99. The molecule has 0 saturated carbocycles. The average molecular weight is 290 g/mol. The molecule has 112 valence electrons. The molecule has 21 heavy (non-hydrogen) atoms. The van der Waals surface area contributed by atoms with Crippen molar-refractivity contribution < 1.29 is 18.8 Å². The molecule has 0 fully saturated rings. The summed E-state index contributed by atoms with van der Waals surface area (Å²) >= 11 is 0. The number of hydrogen-bond acceptors (Lipinski definition) is 4. The molecule has 2 aromatic rings. The van der Waals surface area contributed by atoms with Gasteiger partial charge in [-0.3, -0.25) is 0 Å². The molecule has 1 aromatic heterocycles. The van der Waals surface area contributed by atoms with Crippen molar-refractivity contribution >= 4 is 11.0 Å². The molecule has 5 nitrogen and oxygen atoms in total. The van der Waals surface area contributed by atoms with Crippen LogP contribution in [0.5, 0.6) is 11.5 Å². The molecule has 0 spiro atoms. The van der Waals surface area contributed by atoms with Gasteiger partial charge in [-0.25, -0.2) is 4.79 Å². The van der Waals surface area contributed by atoms with Gasteiger partial charge >= 0.3 is 5.63 Å². The normalized spacial score (nSPS) is 14.6. The third-order valence-electron chi connectivity index (χ3n) is 3.77. The van der Waals surface area contributed by atoms with Gasteiger partial charge in [-0.05, 0) is 12.5 Å². The Bertz CT molecular complexity index is 707. The van der Waals surface area contributed by atoms with Gasteiger partial charge in [-0.1, -0.05) is 13.3 Å². The molecule has 0 amide bonds. The van der Waals surface area contributed by atoms with E-state index >= 15 is 0 Å². The number of quaternary nitrogens is 1. The molecule has 0 bridgehead atoms. The van der Waals surface area contributed by atoms with Crippen molar-refractivity contribution in [2.75, 3.05) is 20.4 Å². The molecule has 0 saturated heterocycles. The van der Waals surface area contributed by atoms with Crippen LogP contribution >= 0.6 is 0 Å². The Kier molecular flexibility index (Phi) is 3.84. The van der Waals surface area contributed by atoms with Gasteiger partial charge in [0.25, 0.3) is 0 Å². The number of nitrogens with one attached hydrogen (secondary N) is 1. The fourth-order valence-corrected chi connectivity index (χ4v) is 2.65. The Labute approximate surface area is 123 Å². The van der Waals surface area contributed by atoms with E-state index < -0.39 is 0 Å². The van der Waals surface area contributed by atoms with E-state index in [2.05, 4.69) is 14.0 Å². The third-order valence-corrected chi connectivity index (χ3v) is 3.77. The van der Waals surface area contributed by atoms with E-state index in [9.17, 15) is 4.79 Å². The number of rotatable bonds is 5. The van der Waals surface area contributed by atoms with Crippen LogP contribution < -0.4 is 20.0 Å². The SMILES string of the molecule is CCCC[NH+](C)Cc1cc(=O)oc2cc3c(cc12)OCO3. The van der Waals surface area contributed by atoms with Crippen molar-refractivity contribution in [3.8, 4) is 11.5 Å². The Morgan fingerprint density at radius 1 is 1.19 bits per heavy atom. The first-order valence-corrected chi connectivity index (χ1v) is 7.35. The maximum Gasteiger partial charge on any atom is 0.336 e. The van der Waals surface area contributed by atoms with Crippen LogP contribution in [0.3, 0.4) is 0 Å². The molecule has 1 atom stereocenters. The molecule has 5 heteroatoms. The van der Waals surface area contributed by atoms with Gasteiger partial charge in [0.15, 0.2) is 11.5 Å². The van der Waals surface area contributed by atoms with Crippen molar-refractivity contribution in [1.82, 2.24) is 0 Å². The van der Waals surface area contributed by atoms with Gasteiger partial charge in [0.1, 0.15) is 12.1 Å². The molecule has 3 rings (SSSR count). The second kappa shape index (κ2) is 5.77. The summed E-state index contributed by atoms with van der Waals surface area (Å²) in [7, 11) is 2.14. The zero-order chi connectivity index (χ0) is 14.8. The van der Waals surface area contributed by atoms with Gasteiger partial charge in [0.05, 0.1) is 13.6 Å². The Hall–Kier alpha value is -2.01. The quantitative estimate of drug-likeness (QED) is 0.844. The van der Waals surface area contributed by atoms with Crippen LogP contribution in [0.25, 0.3) is 11.0 Å². The van der Waals surface area contributed by atoms with Crippen molar-refractivity contribution in [2.45, 2.75) is 26.3 Å². The second-order valence-corrected chi connectivity index (χ2v) is 5.53. The van der Waals surface area contributed by atoms with Crippen LogP contribution in [-0.4, -0.2) is 20.4 Å². The fraction of sp³-hybridized carbons (Fsp3) is 0.438. The number of hydrogen-bond donors (Lipinski definition) is 1. The number of benzene rings is 1. The highest BCUT2D eigenvalue weighted by Gasteiger charge is 2.18. The van der Waals surface area contributed by atoms with E-state index in [1.54, 1.807) is 12.1 Å². The van der Waals surface area contributed by atoms with E-state index in [4.69, 9.17) is 13.9 Å². The van der Waals surface area contributed by atoms with Crippen molar-refractivity contribution in [3.05, 3.63) is 34.2 Å². The minimum Gasteiger partial charge on any atom is -0.454 e. The second-order valence-electron chi connectivity index (χ2n) is 5.53. The van der Waals surface area contributed by atoms with Crippen molar-refractivity contribution in [1.29, 1.82) is 0 Å². The summed E-state index contributed by atoms with van der Waals surface area (Å²) < 4.78 is 16.0. The minimum atomic E-state index is -0.320. The lowest BCUT2D eigenvalue weighted by molar-refractivity contribution is -0.893. The summed E-state index contributed by atoms with van der Waals surface area (Å²) in [5.41, 5.74) is 1.23. The highest BCUT2D eigenvalue weighted by molar-refractivity contribution is 5.84. The summed E-state index contributed by atoms with van der Waals surface area (Å²) in [6.45, 7) is 4.28. The minimum absolute atomic E-state index is 0.215. The lowest BCUT2D eigenvalue weighted by Gasteiger charge is -2.14. The lowest BCUT2D eigenvalue weighted by Crippen LogP contribution is -3.07. The van der Waals surface area contributed by atoms with Crippen LogP contribution in [0.2, 0.25) is 0 Å². The van der Waals surface area contributed by atoms with Gasteiger partial charge < -0.3 is 18.8 Å². The fourth-order valence-electron chi connectivity index (χ4n) is 2.65. The van der Waals surface area contributed by atoms with Crippen LogP contribution in [0.1, 0.15) is 25.3 Å². The zero-order valence-electron chi connectivity index (χ0n) is 12.4. The molecular formula is C16H20NO4+. The summed E-state index contributed by atoms with van der Waals surface area (Å²) in [6, 6.07) is 5.23. The molecule has 1 aromatic carbocycles. The van der Waals surface area contributed by atoms with Gasteiger partial charge in [0.2, 0.25) is 6.79 Å². The highest BCUT2D eigenvalue weighted by atomic mass is 16.7. The third kappa shape index (κ3) is 2.88. The Morgan fingerprint density at radius 3 is 2.71 bits per heavy atom. The smallest absolute Gasteiger partial charge is 0.336 e. The zero-order valence-corrected chi connectivity index (χ0v) is 12.4. The average Bonchev–Trinajstić information content (AvgIpc) is 2.90. The van der Waals surface area contributed by atoms with Gasteiger partial charge in [0, 0.05) is 23.1 Å². The maximum atomic E-state index is 11.8. The largest absolute Gasteiger partial charge is 0.454 e. The number of fused-ring (bicyclic) bond motifs is 2. The monoisotopic (exact) mass is 290 g/mol. The first-order valence-electron chi connectivity index (χ1n) is 7.35. The first kappa shape index (κ1) is 13.9. The van der Waals surface area contributed by atoms with Crippen LogP contribution in [0.15, 0.2) is 27.4 Å². The Morgan fingerprint density at radius 2 is 1.95 bits per heavy atom. The summed E-state index contributed by atoms with van der Waals surface area (Å²) in [6.07, 6.45) is 2.35. The molecular weight excluding hydrogens is 270 g/mol. The molecule has 1 aliphatic rings. The predicted octanol–water partition coefficient (Wildman–Crippen LogP) is 1.34. The molecule has 1 aliphatic heterocycles. The van der Waals surface area contributed by atoms with E-state index in [1.807, 2.05) is 6.07 Å². The number of unbranched alkanes of at least 4 members (excludes halogenated alkanes) is 1. The van der Waals surface area contributed by atoms with E-state index in [0.717, 1.165) is 24.0 Å². The number of ether oxygens (including phenoxy) is 2. The van der Waals surface area contributed by atoms with Crippen LogP contribution in [0, 0.1) is 0 Å². The lowest BCUT2D eigenvalue weighted by atomic mass is 10.1. The van der Waals surface area contributed by atoms with Crippen molar-refractivity contribution in [2.24, 2.45) is 0 Å². The molecule has 0 radical (unpaired) electrons. The standard InChI is InChI=1S/C16H19NO4/c1-3-4-5-17(2)9-11-6-16(18)21-13-8-15-14(7-12(11)13)19-10-20-15/h6-8H,3-5,9-10H2,1-2H3/p+1. The first-order chi connectivity index (χ1) is 10.2. The van der Waals surface area contributed by atoms with E-state index in [1.165, 1.54) is 17.7 Å². The van der Waals surface area contributed by atoms with Gasteiger partial charge in [-0.15, -0.1) is 0 Å². The van der Waals surface area contributed by atoms with Gasteiger partial charge in [-0.2, -0.15) is 0 Å².